The Labute approximate surface area is 119 Å². The third kappa shape index (κ3) is 3.92. The van der Waals surface area contributed by atoms with Gasteiger partial charge in [0.1, 0.15) is 5.82 Å². The molecule has 0 saturated carbocycles. The minimum absolute atomic E-state index is 0.220. The molecule has 1 aromatic rings. The summed E-state index contributed by atoms with van der Waals surface area (Å²) in [6, 6.07) is 1.66. The maximum atomic E-state index is 12.9. The van der Waals surface area contributed by atoms with E-state index in [2.05, 4.69) is 21.2 Å². The minimum Gasteiger partial charge on any atom is -0.357 e. The van der Waals surface area contributed by atoms with Crippen LogP contribution in [0.25, 0.3) is 0 Å². The molecule has 2 N–H and O–H groups in total. The van der Waals surface area contributed by atoms with E-state index in [0.717, 1.165) is 6.07 Å². The fourth-order valence-corrected chi connectivity index (χ4v) is 1.77. The molecule has 2 amide bonds. The Morgan fingerprint density at radius 1 is 1.30 bits per heavy atom. The predicted octanol–water partition coefficient (Wildman–Crippen LogP) is 2.04. The molecule has 9 heteroatoms. The van der Waals surface area contributed by atoms with Crippen molar-refractivity contribution in [1.29, 1.82) is 0 Å². The van der Waals surface area contributed by atoms with Crippen LogP contribution >= 0.6 is 15.9 Å². The van der Waals surface area contributed by atoms with E-state index in [4.69, 9.17) is 0 Å². The van der Waals surface area contributed by atoms with Gasteiger partial charge < -0.3 is 10.6 Å². The number of rotatable bonds is 3. The van der Waals surface area contributed by atoms with E-state index >= 15 is 0 Å². The molecule has 1 aromatic carbocycles. The van der Waals surface area contributed by atoms with E-state index in [-0.39, 0.29) is 6.07 Å². The summed E-state index contributed by atoms with van der Waals surface area (Å²) in [6.45, 7) is 0. The van der Waals surface area contributed by atoms with Crippen molar-refractivity contribution in [1.82, 2.24) is 10.6 Å². The first-order chi connectivity index (χ1) is 9.16. The molecule has 0 aliphatic carbocycles. The largest absolute Gasteiger partial charge is 0.417 e. The highest BCUT2D eigenvalue weighted by molar-refractivity contribution is 9.10. The van der Waals surface area contributed by atoms with Gasteiger partial charge in [0.2, 0.25) is 0 Å². The van der Waals surface area contributed by atoms with Gasteiger partial charge in [0, 0.05) is 7.05 Å². The predicted molar refractivity (Wildman–Crippen MR) is 65.6 cm³/mol. The standard InChI is InChI=1S/C11H9BrF4N2O2/c1-17-10(20)8(12)18-9(19)6-3-2-5(13)4-7(6)11(14,15)16/h2-4,8H,1H3,(H,17,20)(H,18,19). The van der Waals surface area contributed by atoms with Gasteiger partial charge in [0.15, 0.2) is 4.95 Å². The molecule has 4 nitrogen and oxygen atoms in total. The molecule has 0 bridgehead atoms. The first-order valence-electron chi connectivity index (χ1n) is 5.20. The lowest BCUT2D eigenvalue weighted by Gasteiger charge is -2.15. The van der Waals surface area contributed by atoms with Crippen LogP contribution in [-0.4, -0.2) is 23.8 Å². The summed E-state index contributed by atoms with van der Waals surface area (Å²) in [4.78, 5) is 21.7. The zero-order chi connectivity index (χ0) is 15.5. The zero-order valence-electron chi connectivity index (χ0n) is 10.0. The van der Waals surface area contributed by atoms with E-state index < -0.39 is 39.9 Å². The van der Waals surface area contributed by atoms with Gasteiger partial charge >= 0.3 is 6.18 Å². The van der Waals surface area contributed by atoms with Gasteiger partial charge in [0.25, 0.3) is 11.8 Å². The Bertz CT molecular complexity index is 534. The van der Waals surface area contributed by atoms with Crippen molar-refractivity contribution in [2.75, 3.05) is 7.05 Å². The topological polar surface area (TPSA) is 58.2 Å². The van der Waals surface area contributed by atoms with Crippen LogP contribution in [0.3, 0.4) is 0 Å². The number of nitrogens with one attached hydrogen (secondary N) is 2. The molecule has 0 heterocycles. The summed E-state index contributed by atoms with van der Waals surface area (Å²) >= 11 is 2.79. The van der Waals surface area contributed by atoms with Crippen LogP contribution < -0.4 is 10.6 Å². The van der Waals surface area contributed by atoms with Gasteiger partial charge in [-0.1, -0.05) is 15.9 Å². The maximum absolute atomic E-state index is 12.9. The molecule has 1 rings (SSSR count). The first kappa shape index (κ1) is 16.4. The Morgan fingerprint density at radius 2 is 1.90 bits per heavy atom. The number of halogens is 5. The van der Waals surface area contributed by atoms with E-state index in [9.17, 15) is 27.2 Å². The number of hydrogen-bond donors (Lipinski definition) is 2. The van der Waals surface area contributed by atoms with E-state index in [1.54, 1.807) is 0 Å². The molecular formula is C11H9BrF4N2O2. The smallest absolute Gasteiger partial charge is 0.357 e. The highest BCUT2D eigenvalue weighted by Crippen LogP contribution is 2.32. The Hall–Kier alpha value is -1.64. The van der Waals surface area contributed by atoms with Crippen LogP contribution in [0, 0.1) is 5.82 Å². The molecule has 0 aliphatic heterocycles. The van der Waals surface area contributed by atoms with Crippen molar-refractivity contribution < 1.29 is 27.2 Å². The molecule has 0 spiro atoms. The summed E-state index contributed by atoms with van der Waals surface area (Å²) in [5.74, 6) is -2.91. The Morgan fingerprint density at radius 3 is 2.40 bits per heavy atom. The van der Waals surface area contributed by atoms with Crippen molar-refractivity contribution >= 4 is 27.7 Å². The third-order valence-electron chi connectivity index (χ3n) is 2.27. The molecule has 0 saturated heterocycles. The van der Waals surface area contributed by atoms with Gasteiger partial charge in [-0.05, 0) is 18.2 Å². The van der Waals surface area contributed by atoms with Crippen LogP contribution in [0.2, 0.25) is 0 Å². The fourth-order valence-electron chi connectivity index (χ4n) is 1.33. The summed E-state index contributed by atoms with van der Waals surface area (Å²) in [5.41, 5.74) is -2.18. The number of carbonyl (C=O) groups excluding carboxylic acids is 2. The molecule has 20 heavy (non-hydrogen) atoms. The quantitative estimate of drug-likeness (QED) is 0.494. The molecule has 0 fully saturated rings. The number of amides is 2. The second-order valence-corrected chi connectivity index (χ2v) is 4.55. The van der Waals surface area contributed by atoms with Crippen LogP contribution in [0.4, 0.5) is 17.6 Å². The fraction of sp³-hybridized carbons (Fsp3) is 0.273. The van der Waals surface area contributed by atoms with Crippen molar-refractivity contribution in [2.45, 2.75) is 11.1 Å². The SMILES string of the molecule is CNC(=O)C(Br)NC(=O)c1ccc(F)cc1C(F)(F)F. The van der Waals surface area contributed by atoms with Gasteiger partial charge in [-0.3, -0.25) is 9.59 Å². The monoisotopic (exact) mass is 356 g/mol. The maximum Gasteiger partial charge on any atom is 0.417 e. The van der Waals surface area contributed by atoms with Gasteiger partial charge in [-0.25, -0.2) is 4.39 Å². The van der Waals surface area contributed by atoms with Gasteiger partial charge in [0.05, 0.1) is 11.1 Å². The van der Waals surface area contributed by atoms with Crippen LogP contribution in [0.15, 0.2) is 18.2 Å². The summed E-state index contributed by atoms with van der Waals surface area (Å²) in [7, 11) is 1.29. The normalized spacial score (nSPS) is 12.7. The second kappa shape index (κ2) is 6.21. The van der Waals surface area contributed by atoms with Crippen LogP contribution in [0.5, 0.6) is 0 Å². The molecule has 0 aliphatic rings. The van der Waals surface area contributed by atoms with Crippen molar-refractivity contribution in [2.24, 2.45) is 0 Å². The first-order valence-corrected chi connectivity index (χ1v) is 6.11. The highest BCUT2D eigenvalue weighted by Gasteiger charge is 2.36. The lowest BCUT2D eigenvalue weighted by atomic mass is 10.1. The number of benzene rings is 1. The van der Waals surface area contributed by atoms with E-state index in [0.29, 0.717) is 6.07 Å². The number of likely N-dealkylation sites (N-methyl/N-ethyl adjacent to an activating group) is 1. The average Bonchev–Trinajstić information content (AvgIpc) is 2.36. The van der Waals surface area contributed by atoms with Crippen molar-refractivity contribution in [3.05, 3.63) is 35.1 Å². The van der Waals surface area contributed by atoms with Gasteiger partial charge in [-0.15, -0.1) is 0 Å². The summed E-state index contributed by atoms with van der Waals surface area (Å²) in [5, 5.41) is 4.21. The third-order valence-corrected chi connectivity index (χ3v) is 2.91. The van der Waals surface area contributed by atoms with E-state index in [1.807, 2.05) is 5.32 Å². The molecule has 0 aromatic heterocycles. The van der Waals surface area contributed by atoms with Crippen LogP contribution in [0.1, 0.15) is 15.9 Å². The molecule has 0 radical (unpaired) electrons. The van der Waals surface area contributed by atoms with E-state index in [1.165, 1.54) is 7.05 Å². The average molecular weight is 357 g/mol. The van der Waals surface area contributed by atoms with Gasteiger partial charge in [-0.2, -0.15) is 13.2 Å². The lowest BCUT2D eigenvalue weighted by molar-refractivity contribution is -0.138. The molecule has 1 atom stereocenters. The Kier molecular flexibility index (Phi) is 5.09. The molecule has 1 unspecified atom stereocenters. The van der Waals surface area contributed by atoms with Crippen molar-refractivity contribution in [3.63, 3.8) is 0 Å². The van der Waals surface area contributed by atoms with Crippen molar-refractivity contribution in [3.8, 4) is 0 Å². The zero-order valence-corrected chi connectivity index (χ0v) is 11.6. The minimum atomic E-state index is -4.89. The second-order valence-electron chi connectivity index (χ2n) is 3.64. The summed E-state index contributed by atoms with van der Waals surface area (Å²) in [6.07, 6.45) is -4.89. The molecule has 110 valence electrons. The van der Waals surface area contributed by atoms with Crippen LogP contribution in [-0.2, 0) is 11.0 Å². The number of alkyl halides is 4. The highest BCUT2D eigenvalue weighted by atomic mass is 79.9. The lowest BCUT2D eigenvalue weighted by Crippen LogP contribution is -2.42. The Balaban J connectivity index is 3.08. The summed E-state index contributed by atoms with van der Waals surface area (Å²) < 4.78 is 51.0. The number of carbonyl (C=O) groups is 2. The molecular weight excluding hydrogens is 348 g/mol. The number of hydrogen-bond acceptors (Lipinski definition) is 2.